The molecule has 1 aliphatic heterocycles. The summed E-state index contributed by atoms with van der Waals surface area (Å²) in [6.45, 7) is 0. The number of rotatable bonds is 3. The number of methoxy groups -OCH3 is 1. The number of ether oxygens (including phenoxy) is 1. The fraction of sp³-hybridized carbons (Fsp3) is 0.0588. The fourth-order valence-corrected chi connectivity index (χ4v) is 2.27. The highest BCUT2D eigenvalue weighted by molar-refractivity contribution is 6.39. The molecule has 0 bridgehead atoms. The predicted octanol–water partition coefficient (Wildman–Crippen LogP) is 1.73. The van der Waals surface area contributed by atoms with Gasteiger partial charge in [-0.25, -0.2) is 14.5 Å². The molecule has 8 nitrogen and oxygen atoms in total. The lowest BCUT2D eigenvalue weighted by Crippen LogP contribution is -2.54. The normalized spacial score (nSPS) is 16.1. The van der Waals surface area contributed by atoms with Crippen LogP contribution in [0.25, 0.3) is 6.08 Å². The first-order valence-corrected chi connectivity index (χ1v) is 7.14. The summed E-state index contributed by atoms with van der Waals surface area (Å²) >= 11 is 0. The summed E-state index contributed by atoms with van der Waals surface area (Å²) < 4.78 is 9.68. The van der Waals surface area contributed by atoms with Crippen LogP contribution in [0.3, 0.4) is 0 Å². The Morgan fingerprint density at radius 3 is 2.48 bits per heavy atom. The third kappa shape index (κ3) is 3.05. The molecule has 126 valence electrons. The van der Waals surface area contributed by atoms with Crippen molar-refractivity contribution in [2.45, 2.75) is 0 Å². The molecule has 1 N–H and O–H groups in total. The predicted molar refractivity (Wildman–Crippen MR) is 85.5 cm³/mol. The maximum absolute atomic E-state index is 12.6. The van der Waals surface area contributed by atoms with Crippen molar-refractivity contribution in [2.24, 2.45) is 0 Å². The number of urea groups is 1. The van der Waals surface area contributed by atoms with Gasteiger partial charge >= 0.3 is 12.0 Å². The van der Waals surface area contributed by atoms with E-state index in [1.807, 2.05) is 0 Å². The summed E-state index contributed by atoms with van der Waals surface area (Å²) in [6.07, 6.45) is 2.64. The van der Waals surface area contributed by atoms with Crippen molar-refractivity contribution in [2.75, 3.05) is 12.0 Å². The first-order valence-electron chi connectivity index (χ1n) is 7.14. The molecule has 4 amide bonds. The molecule has 1 aliphatic rings. The second kappa shape index (κ2) is 6.44. The van der Waals surface area contributed by atoms with E-state index in [9.17, 15) is 19.2 Å². The van der Waals surface area contributed by atoms with Crippen molar-refractivity contribution >= 4 is 35.6 Å². The topological polar surface area (TPSA) is 106 Å². The summed E-state index contributed by atoms with van der Waals surface area (Å²) in [5.41, 5.74) is 0.220. The monoisotopic (exact) mass is 340 g/mol. The summed E-state index contributed by atoms with van der Waals surface area (Å²) in [7, 11) is 1.25. The van der Waals surface area contributed by atoms with Gasteiger partial charge in [-0.1, -0.05) is 0 Å². The van der Waals surface area contributed by atoms with Gasteiger partial charge in [-0.2, -0.15) is 0 Å². The number of nitrogens with zero attached hydrogens (tertiary/aromatic N) is 1. The van der Waals surface area contributed by atoms with Gasteiger partial charge in [0.1, 0.15) is 11.3 Å². The Morgan fingerprint density at radius 2 is 1.88 bits per heavy atom. The van der Waals surface area contributed by atoms with Gasteiger partial charge in [0.2, 0.25) is 0 Å². The minimum Gasteiger partial charge on any atom is -0.465 e. The van der Waals surface area contributed by atoms with Gasteiger partial charge in [0.05, 0.1) is 24.6 Å². The molecule has 0 unspecified atom stereocenters. The minimum atomic E-state index is -0.877. The number of anilines is 1. The zero-order valence-corrected chi connectivity index (χ0v) is 13.0. The van der Waals surface area contributed by atoms with Crippen LogP contribution in [-0.4, -0.2) is 30.9 Å². The molecule has 3 rings (SSSR count). The molecule has 1 fully saturated rings. The van der Waals surface area contributed by atoms with Gasteiger partial charge in [-0.05, 0) is 42.5 Å². The quantitative estimate of drug-likeness (QED) is 0.518. The number of furan rings is 1. The first-order chi connectivity index (χ1) is 12.0. The van der Waals surface area contributed by atoms with E-state index in [4.69, 9.17) is 4.42 Å². The van der Waals surface area contributed by atoms with Crippen LogP contribution in [0.1, 0.15) is 16.1 Å². The van der Waals surface area contributed by atoms with E-state index in [2.05, 4.69) is 10.1 Å². The van der Waals surface area contributed by atoms with Crippen LogP contribution < -0.4 is 10.2 Å². The Morgan fingerprint density at radius 1 is 1.16 bits per heavy atom. The number of hydrogen-bond acceptors (Lipinski definition) is 6. The van der Waals surface area contributed by atoms with Gasteiger partial charge in [0.15, 0.2) is 0 Å². The number of carbonyl (C=O) groups excluding carboxylic acids is 4. The molecule has 8 heteroatoms. The van der Waals surface area contributed by atoms with Crippen molar-refractivity contribution < 1.29 is 28.3 Å². The average Bonchev–Trinajstić information content (AvgIpc) is 3.11. The van der Waals surface area contributed by atoms with Gasteiger partial charge in [-0.3, -0.25) is 14.9 Å². The highest BCUT2D eigenvalue weighted by Crippen LogP contribution is 2.22. The van der Waals surface area contributed by atoms with Crippen LogP contribution >= 0.6 is 0 Å². The van der Waals surface area contributed by atoms with Gasteiger partial charge in [0, 0.05) is 0 Å². The molecular formula is C17H12N2O6. The Balaban J connectivity index is 1.95. The number of amides is 4. The largest absolute Gasteiger partial charge is 0.465 e. The van der Waals surface area contributed by atoms with E-state index < -0.39 is 23.8 Å². The van der Waals surface area contributed by atoms with E-state index >= 15 is 0 Å². The van der Waals surface area contributed by atoms with Gasteiger partial charge < -0.3 is 9.15 Å². The molecule has 0 aliphatic carbocycles. The molecule has 1 aromatic carbocycles. The number of esters is 1. The van der Waals surface area contributed by atoms with E-state index in [0.29, 0.717) is 5.76 Å². The molecule has 2 heterocycles. The Labute approximate surface area is 141 Å². The highest BCUT2D eigenvalue weighted by Gasteiger charge is 2.37. The molecule has 1 saturated heterocycles. The summed E-state index contributed by atoms with van der Waals surface area (Å²) in [5.74, 6) is -1.85. The SMILES string of the molecule is COC(=O)c1ccc(N2C(=O)NC(=O)/C(=C\c3ccco3)C2=O)cc1. The molecule has 0 radical (unpaired) electrons. The second-order valence-corrected chi connectivity index (χ2v) is 5.01. The summed E-state index contributed by atoms with van der Waals surface area (Å²) in [6, 6.07) is 7.93. The summed E-state index contributed by atoms with van der Waals surface area (Å²) in [5, 5.41) is 2.09. The lowest BCUT2D eigenvalue weighted by atomic mass is 10.1. The summed E-state index contributed by atoms with van der Waals surface area (Å²) in [4.78, 5) is 48.9. The van der Waals surface area contributed by atoms with E-state index in [1.54, 1.807) is 12.1 Å². The molecular weight excluding hydrogens is 328 g/mol. The van der Waals surface area contributed by atoms with E-state index in [-0.39, 0.29) is 16.8 Å². The van der Waals surface area contributed by atoms with Crippen LogP contribution in [0.5, 0.6) is 0 Å². The van der Waals surface area contributed by atoms with Crippen molar-refractivity contribution in [3.63, 3.8) is 0 Å². The highest BCUT2D eigenvalue weighted by atomic mass is 16.5. The number of imide groups is 2. The third-order valence-corrected chi connectivity index (χ3v) is 3.48. The maximum Gasteiger partial charge on any atom is 0.337 e. The molecule has 25 heavy (non-hydrogen) atoms. The van der Waals surface area contributed by atoms with Crippen molar-refractivity contribution in [3.8, 4) is 0 Å². The van der Waals surface area contributed by atoms with Crippen molar-refractivity contribution in [1.29, 1.82) is 0 Å². The third-order valence-electron chi connectivity index (χ3n) is 3.48. The zero-order chi connectivity index (χ0) is 18.0. The van der Waals surface area contributed by atoms with Crippen LogP contribution in [0.4, 0.5) is 10.5 Å². The molecule has 0 atom stereocenters. The van der Waals surface area contributed by atoms with Crippen LogP contribution in [0.15, 0.2) is 52.7 Å². The van der Waals surface area contributed by atoms with Crippen molar-refractivity contribution in [1.82, 2.24) is 5.32 Å². The zero-order valence-electron chi connectivity index (χ0n) is 13.0. The standard InChI is InChI=1S/C17H12N2O6/c1-24-16(22)10-4-6-11(7-5-10)19-15(21)13(14(20)18-17(19)23)9-12-3-2-8-25-12/h2-9H,1H3,(H,18,20,23)/b13-9+. The van der Waals surface area contributed by atoms with Crippen LogP contribution in [0.2, 0.25) is 0 Å². The van der Waals surface area contributed by atoms with Gasteiger partial charge in [0.25, 0.3) is 11.8 Å². The van der Waals surface area contributed by atoms with Crippen LogP contribution in [-0.2, 0) is 14.3 Å². The molecule has 2 aromatic rings. The number of carbonyl (C=O) groups is 4. The first kappa shape index (κ1) is 16.2. The second-order valence-electron chi connectivity index (χ2n) is 5.01. The molecule has 0 spiro atoms. The maximum atomic E-state index is 12.6. The van der Waals surface area contributed by atoms with Crippen molar-refractivity contribution in [3.05, 3.63) is 59.6 Å². The number of barbiturate groups is 1. The Bertz CT molecular complexity index is 880. The van der Waals surface area contributed by atoms with Gasteiger partial charge in [-0.15, -0.1) is 0 Å². The fourth-order valence-electron chi connectivity index (χ4n) is 2.27. The lowest BCUT2D eigenvalue weighted by Gasteiger charge is -2.26. The average molecular weight is 340 g/mol. The minimum absolute atomic E-state index is 0.202. The molecule has 0 saturated carbocycles. The van der Waals surface area contributed by atoms with Crippen LogP contribution in [0, 0.1) is 0 Å². The molecule has 1 aromatic heterocycles. The Kier molecular flexibility index (Phi) is 4.17. The van der Waals surface area contributed by atoms with E-state index in [0.717, 1.165) is 4.90 Å². The number of hydrogen-bond donors (Lipinski definition) is 1. The number of benzene rings is 1. The Hall–Kier alpha value is -3.68. The number of nitrogens with one attached hydrogen (secondary N) is 1. The smallest absolute Gasteiger partial charge is 0.337 e. The van der Waals surface area contributed by atoms with E-state index in [1.165, 1.54) is 43.7 Å². The lowest BCUT2D eigenvalue weighted by molar-refractivity contribution is -0.122.